The molecule has 0 aliphatic carbocycles. The number of nitrogens with zero attached hydrogens (tertiary/aromatic N) is 2. The van der Waals surface area contributed by atoms with Gasteiger partial charge >= 0.3 is 16.8 Å². The van der Waals surface area contributed by atoms with Gasteiger partial charge in [0.05, 0.1) is 22.8 Å². The van der Waals surface area contributed by atoms with E-state index in [9.17, 15) is 8.78 Å². The Hall–Kier alpha value is -4.59. The molecule has 1 radical (unpaired) electrons. The number of aromatic amines is 2. The summed E-state index contributed by atoms with van der Waals surface area (Å²) in [6, 6.07) is 24.8. The van der Waals surface area contributed by atoms with Crippen LogP contribution in [0.15, 0.2) is 84.9 Å². The number of hydrogen-bond donors (Lipinski definition) is 2. The van der Waals surface area contributed by atoms with E-state index >= 15 is 0 Å². The van der Waals surface area contributed by atoms with Gasteiger partial charge in [-0.3, -0.25) is 0 Å². The van der Waals surface area contributed by atoms with Gasteiger partial charge in [0.25, 0.3) is 0 Å². The predicted molar refractivity (Wildman–Crippen MR) is 150 cm³/mol. The summed E-state index contributed by atoms with van der Waals surface area (Å²) >= 11 is 0. The van der Waals surface area contributed by atoms with Crippen LogP contribution < -0.4 is 0 Å². The van der Waals surface area contributed by atoms with Crippen molar-refractivity contribution in [3.05, 3.63) is 119 Å². The number of benzene rings is 2. The van der Waals surface area contributed by atoms with Crippen LogP contribution in [0, 0.1) is 11.6 Å². The molecule has 5 aromatic rings. The standard InChI is InChI=1S/C32H20F2N4.Co/c33-21-5-1-19(2-6-21)31-27-13-9-23(35-27)17-25-11-15-29(37-25)32(20-3-7-22(34)8-4-20)30-16-12-26(38-30)18-24-10-14-28(31)36-24;/h1-18,35-36H;/q;+2. The molecule has 0 spiro atoms. The molecular formula is C32H20CoF2N4+2. The van der Waals surface area contributed by atoms with Crippen molar-refractivity contribution in [1.29, 1.82) is 0 Å². The van der Waals surface area contributed by atoms with Gasteiger partial charge in [-0.25, -0.2) is 18.7 Å². The van der Waals surface area contributed by atoms with Crippen molar-refractivity contribution in [3.63, 3.8) is 0 Å². The summed E-state index contributed by atoms with van der Waals surface area (Å²) < 4.78 is 27.4. The number of halogens is 2. The first kappa shape index (κ1) is 24.7. The zero-order valence-electron chi connectivity index (χ0n) is 20.4. The van der Waals surface area contributed by atoms with Crippen LogP contribution in [0.25, 0.3) is 68.6 Å². The zero-order chi connectivity index (χ0) is 25.6. The summed E-state index contributed by atoms with van der Waals surface area (Å²) in [6.45, 7) is 0. The van der Waals surface area contributed by atoms with Crippen LogP contribution in [0.1, 0.15) is 22.8 Å². The van der Waals surface area contributed by atoms with E-state index in [1.165, 1.54) is 24.3 Å². The summed E-state index contributed by atoms with van der Waals surface area (Å²) in [4.78, 5) is 16.7. The van der Waals surface area contributed by atoms with Gasteiger partial charge in [-0.2, -0.15) is 0 Å². The van der Waals surface area contributed by atoms with Gasteiger partial charge in [-0.05, 0) is 96.1 Å². The Bertz CT molecular complexity index is 1840. The molecule has 2 aliphatic heterocycles. The third-order valence-electron chi connectivity index (χ3n) is 6.66. The normalized spacial score (nSPS) is 11.9. The van der Waals surface area contributed by atoms with Crippen molar-refractivity contribution in [2.45, 2.75) is 0 Å². The minimum atomic E-state index is -0.293. The van der Waals surface area contributed by atoms with E-state index in [0.29, 0.717) is 0 Å². The fraction of sp³-hybridized carbons (Fsp3) is 0. The zero-order valence-corrected chi connectivity index (χ0v) is 21.4. The van der Waals surface area contributed by atoms with Crippen molar-refractivity contribution in [1.82, 2.24) is 19.9 Å². The van der Waals surface area contributed by atoms with Gasteiger partial charge in [0.1, 0.15) is 11.6 Å². The smallest absolute Gasteiger partial charge is 0.355 e. The number of hydrogen-bond acceptors (Lipinski definition) is 2. The minimum absolute atomic E-state index is 0. The minimum Gasteiger partial charge on any atom is -0.355 e. The van der Waals surface area contributed by atoms with Crippen LogP contribution in [0.3, 0.4) is 0 Å². The first-order chi connectivity index (χ1) is 18.6. The molecule has 5 heterocycles. The van der Waals surface area contributed by atoms with Crippen molar-refractivity contribution in [3.8, 4) is 22.3 Å². The Morgan fingerprint density at radius 2 is 0.923 bits per heavy atom. The van der Waals surface area contributed by atoms with Crippen LogP contribution >= 0.6 is 0 Å². The van der Waals surface area contributed by atoms with E-state index in [4.69, 9.17) is 9.97 Å². The molecule has 39 heavy (non-hydrogen) atoms. The number of fused-ring (bicyclic) bond motifs is 8. The maximum atomic E-state index is 13.7. The molecule has 7 heteroatoms. The molecule has 2 N–H and O–H groups in total. The molecule has 0 saturated carbocycles. The summed E-state index contributed by atoms with van der Waals surface area (Å²) in [5.41, 5.74) is 10.1. The largest absolute Gasteiger partial charge is 2.00 e. The summed E-state index contributed by atoms with van der Waals surface area (Å²) in [7, 11) is 0. The molecule has 7 rings (SSSR count). The first-order valence-corrected chi connectivity index (χ1v) is 12.2. The van der Waals surface area contributed by atoms with Gasteiger partial charge < -0.3 is 9.97 Å². The van der Waals surface area contributed by atoms with Crippen molar-refractivity contribution < 1.29 is 25.6 Å². The molecule has 2 aliphatic rings. The van der Waals surface area contributed by atoms with Crippen molar-refractivity contribution in [2.24, 2.45) is 0 Å². The van der Waals surface area contributed by atoms with Gasteiger partial charge in [-0.1, -0.05) is 24.3 Å². The summed E-state index contributed by atoms with van der Waals surface area (Å²) in [5, 5.41) is 0. The SMILES string of the molecule is Fc1ccc(-c2c3nc(cc4ccc([nH]4)c(-c4ccc(F)cc4)c4ccc(cc5nc2C=C5)[nH]4)C=C3)cc1.[Co+2]. The second-order valence-electron chi connectivity index (χ2n) is 9.22. The van der Waals surface area contributed by atoms with Crippen LogP contribution in [-0.2, 0) is 16.8 Å². The van der Waals surface area contributed by atoms with E-state index in [2.05, 4.69) is 9.97 Å². The molecule has 189 valence electrons. The Kier molecular flexibility index (Phi) is 6.30. The molecular weight excluding hydrogens is 537 g/mol. The van der Waals surface area contributed by atoms with E-state index in [1.807, 2.05) is 60.7 Å². The molecule has 0 fully saturated rings. The molecule has 2 aromatic carbocycles. The number of aromatic nitrogens is 4. The Balaban J connectivity index is 0.00000277. The van der Waals surface area contributed by atoms with E-state index in [1.54, 1.807) is 24.3 Å². The summed E-state index contributed by atoms with van der Waals surface area (Å²) in [6.07, 6.45) is 7.82. The molecule has 0 amide bonds. The second-order valence-corrected chi connectivity index (χ2v) is 9.22. The number of rotatable bonds is 2. The average Bonchev–Trinajstić information content (AvgIpc) is 3.72. The molecule has 0 atom stereocenters. The second kappa shape index (κ2) is 9.94. The molecule has 0 unspecified atom stereocenters. The van der Waals surface area contributed by atoms with E-state index < -0.39 is 0 Å². The summed E-state index contributed by atoms with van der Waals surface area (Å²) in [5.74, 6) is -0.574. The Morgan fingerprint density at radius 3 is 1.38 bits per heavy atom. The quantitative estimate of drug-likeness (QED) is 0.225. The first-order valence-electron chi connectivity index (χ1n) is 12.2. The fourth-order valence-electron chi connectivity index (χ4n) is 4.91. The average molecular weight is 557 g/mol. The molecule has 8 bridgehead atoms. The van der Waals surface area contributed by atoms with Gasteiger partial charge in [0, 0.05) is 33.2 Å². The van der Waals surface area contributed by atoms with Crippen LogP contribution in [0.2, 0.25) is 0 Å². The van der Waals surface area contributed by atoms with Gasteiger partial charge in [0.2, 0.25) is 0 Å². The molecule has 0 saturated heterocycles. The maximum Gasteiger partial charge on any atom is 2.00 e. The van der Waals surface area contributed by atoms with Crippen LogP contribution in [0.5, 0.6) is 0 Å². The predicted octanol–water partition coefficient (Wildman–Crippen LogP) is 8.27. The number of H-pyrrole nitrogens is 2. The molecule has 3 aromatic heterocycles. The van der Waals surface area contributed by atoms with Gasteiger partial charge in [0.15, 0.2) is 0 Å². The van der Waals surface area contributed by atoms with Crippen LogP contribution in [0.4, 0.5) is 8.78 Å². The Morgan fingerprint density at radius 1 is 0.487 bits per heavy atom. The number of nitrogens with one attached hydrogen (secondary N) is 2. The third-order valence-corrected chi connectivity index (χ3v) is 6.66. The third kappa shape index (κ3) is 4.74. The van der Waals surface area contributed by atoms with E-state index in [0.717, 1.165) is 67.1 Å². The topological polar surface area (TPSA) is 57.4 Å². The van der Waals surface area contributed by atoms with E-state index in [-0.39, 0.29) is 28.4 Å². The van der Waals surface area contributed by atoms with Crippen molar-refractivity contribution >= 4 is 46.4 Å². The maximum absolute atomic E-state index is 13.7. The molecule has 4 nitrogen and oxygen atoms in total. The monoisotopic (exact) mass is 557 g/mol. The van der Waals surface area contributed by atoms with Gasteiger partial charge in [-0.15, -0.1) is 0 Å². The van der Waals surface area contributed by atoms with Crippen molar-refractivity contribution in [2.75, 3.05) is 0 Å². The fourth-order valence-corrected chi connectivity index (χ4v) is 4.91. The Labute approximate surface area is 233 Å². The van der Waals surface area contributed by atoms with Crippen LogP contribution in [-0.4, -0.2) is 19.9 Å².